The van der Waals surface area contributed by atoms with Gasteiger partial charge in [0.1, 0.15) is 6.33 Å². The smallest absolute Gasteiger partial charge is 0.226 e. The number of carbonyl (C=O) groups is 2. The van der Waals surface area contributed by atoms with Crippen molar-refractivity contribution in [1.82, 2.24) is 25.5 Å². The molecule has 4 bridgehead atoms. The molecule has 2 N–H and O–H groups in total. The molecule has 4 fully saturated rings. The molecular formula is C21H26N6O2. The molecule has 8 nitrogen and oxygen atoms in total. The van der Waals surface area contributed by atoms with Crippen LogP contribution < -0.4 is 10.6 Å². The molecule has 4 aliphatic rings. The van der Waals surface area contributed by atoms with E-state index < -0.39 is 0 Å². The van der Waals surface area contributed by atoms with Crippen LogP contribution in [-0.4, -0.2) is 38.6 Å². The summed E-state index contributed by atoms with van der Waals surface area (Å²) in [4.78, 5) is 25.3. The summed E-state index contributed by atoms with van der Waals surface area (Å²) < 4.78 is 1.53. The van der Waals surface area contributed by atoms with Gasteiger partial charge < -0.3 is 10.6 Å². The van der Waals surface area contributed by atoms with Gasteiger partial charge in [0.05, 0.1) is 5.69 Å². The zero-order chi connectivity index (χ0) is 19.8. The monoisotopic (exact) mass is 394 g/mol. The van der Waals surface area contributed by atoms with E-state index in [2.05, 4.69) is 26.2 Å². The largest absolute Gasteiger partial charge is 0.355 e. The first-order valence-corrected chi connectivity index (χ1v) is 10.5. The summed E-state index contributed by atoms with van der Waals surface area (Å²) in [5.74, 6) is 2.27. The van der Waals surface area contributed by atoms with Gasteiger partial charge in [0.15, 0.2) is 0 Å². The van der Waals surface area contributed by atoms with E-state index in [1.54, 1.807) is 0 Å². The summed E-state index contributed by atoms with van der Waals surface area (Å²) in [5.41, 5.74) is 1.28. The highest BCUT2D eigenvalue weighted by atomic mass is 16.2. The lowest BCUT2D eigenvalue weighted by Crippen LogP contribution is -2.53. The second-order valence-corrected chi connectivity index (χ2v) is 9.06. The standard InChI is InChI=1S/C21H26N6O2/c28-19(24-17-2-1-3-18(9-17)27-13-23-25-26-27)4-5-22-20(29)21-10-14-6-15(11-21)8-16(7-14)12-21/h1-3,9,13-16H,4-8,10-12H2,(H,22,29)(H,24,28). The molecule has 0 saturated heterocycles. The molecule has 6 rings (SSSR count). The number of tetrazole rings is 1. The molecule has 0 unspecified atom stereocenters. The van der Waals surface area contributed by atoms with Crippen LogP contribution in [0.25, 0.3) is 5.69 Å². The summed E-state index contributed by atoms with van der Waals surface area (Å²) in [6, 6.07) is 7.32. The molecule has 1 aromatic carbocycles. The number of hydrogen-bond acceptors (Lipinski definition) is 5. The van der Waals surface area contributed by atoms with Crippen molar-refractivity contribution >= 4 is 17.5 Å². The Hall–Kier alpha value is -2.77. The maximum atomic E-state index is 12.9. The van der Waals surface area contributed by atoms with Crippen molar-refractivity contribution in [2.75, 3.05) is 11.9 Å². The van der Waals surface area contributed by atoms with Crippen LogP contribution in [0.1, 0.15) is 44.9 Å². The Bertz CT molecular complexity index is 874. The van der Waals surface area contributed by atoms with Gasteiger partial charge in [-0.25, -0.2) is 4.68 Å². The summed E-state index contributed by atoms with van der Waals surface area (Å²) in [6.45, 7) is 0.374. The molecule has 0 radical (unpaired) electrons. The molecule has 152 valence electrons. The van der Waals surface area contributed by atoms with Gasteiger partial charge in [-0.2, -0.15) is 0 Å². The molecule has 1 heterocycles. The van der Waals surface area contributed by atoms with Crippen molar-refractivity contribution in [3.63, 3.8) is 0 Å². The minimum absolute atomic E-state index is 0.121. The number of hydrogen-bond donors (Lipinski definition) is 2. The fourth-order valence-electron chi connectivity index (χ4n) is 6.10. The van der Waals surface area contributed by atoms with Crippen LogP contribution in [0, 0.1) is 23.2 Å². The third kappa shape index (κ3) is 3.63. The van der Waals surface area contributed by atoms with Gasteiger partial charge in [0.2, 0.25) is 11.8 Å². The van der Waals surface area contributed by atoms with Gasteiger partial charge >= 0.3 is 0 Å². The van der Waals surface area contributed by atoms with Gasteiger partial charge in [-0.15, -0.1) is 5.10 Å². The average molecular weight is 394 g/mol. The van der Waals surface area contributed by atoms with Crippen LogP contribution >= 0.6 is 0 Å². The number of nitrogens with one attached hydrogen (secondary N) is 2. The number of rotatable bonds is 6. The van der Waals surface area contributed by atoms with E-state index in [1.807, 2.05) is 24.3 Å². The molecule has 2 aromatic rings. The Kier molecular flexibility index (Phi) is 4.56. The molecule has 4 saturated carbocycles. The number of benzene rings is 1. The van der Waals surface area contributed by atoms with Crippen LogP contribution in [0.5, 0.6) is 0 Å². The first-order valence-electron chi connectivity index (χ1n) is 10.5. The molecule has 0 atom stereocenters. The minimum atomic E-state index is -0.161. The lowest BCUT2D eigenvalue weighted by atomic mass is 9.49. The van der Waals surface area contributed by atoms with Gasteiger partial charge in [-0.3, -0.25) is 9.59 Å². The van der Waals surface area contributed by atoms with Crippen LogP contribution in [0.4, 0.5) is 5.69 Å². The van der Waals surface area contributed by atoms with Gasteiger partial charge in [0, 0.05) is 24.1 Å². The molecular weight excluding hydrogens is 368 g/mol. The number of aromatic nitrogens is 4. The molecule has 4 aliphatic carbocycles. The highest BCUT2D eigenvalue weighted by Gasteiger charge is 2.54. The average Bonchev–Trinajstić information content (AvgIpc) is 3.22. The van der Waals surface area contributed by atoms with Crippen molar-refractivity contribution in [3.05, 3.63) is 30.6 Å². The number of anilines is 1. The molecule has 0 spiro atoms. The number of amides is 2. The van der Waals surface area contributed by atoms with E-state index in [1.165, 1.54) is 30.3 Å². The molecule has 2 amide bonds. The molecule has 8 heteroatoms. The van der Waals surface area contributed by atoms with Crippen LogP contribution in [0.3, 0.4) is 0 Å². The topological polar surface area (TPSA) is 102 Å². The quantitative estimate of drug-likeness (QED) is 0.783. The SMILES string of the molecule is O=C(CCNC(=O)C12CC3CC(CC(C3)C1)C2)Nc1cccc(-n2cnnn2)c1. The van der Waals surface area contributed by atoms with Crippen LogP contribution in [0.2, 0.25) is 0 Å². The Balaban J connectivity index is 1.13. The van der Waals surface area contributed by atoms with Crippen molar-refractivity contribution in [2.45, 2.75) is 44.9 Å². The summed E-state index contributed by atoms with van der Waals surface area (Å²) >= 11 is 0. The highest BCUT2D eigenvalue weighted by Crippen LogP contribution is 2.60. The van der Waals surface area contributed by atoms with Crippen molar-refractivity contribution in [2.24, 2.45) is 23.2 Å². The lowest BCUT2D eigenvalue weighted by Gasteiger charge is -2.55. The zero-order valence-electron chi connectivity index (χ0n) is 16.4. The predicted molar refractivity (Wildman–Crippen MR) is 106 cm³/mol. The predicted octanol–water partition coefficient (Wildman–Crippen LogP) is 2.32. The third-order valence-corrected chi connectivity index (χ3v) is 6.90. The zero-order valence-corrected chi connectivity index (χ0v) is 16.4. The second kappa shape index (κ2) is 7.24. The van der Waals surface area contributed by atoms with E-state index in [4.69, 9.17) is 0 Å². The Labute approximate surface area is 169 Å². The molecule has 0 aliphatic heterocycles. The molecule has 1 aromatic heterocycles. The van der Waals surface area contributed by atoms with E-state index >= 15 is 0 Å². The van der Waals surface area contributed by atoms with E-state index in [9.17, 15) is 9.59 Å². The summed E-state index contributed by atoms with van der Waals surface area (Å²) in [6.07, 6.45) is 8.84. The maximum Gasteiger partial charge on any atom is 0.226 e. The van der Waals surface area contributed by atoms with Crippen molar-refractivity contribution in [1.29, 1.82) is 0 Å². The van der Waals surface area contributed by atoms with Gasteiger partial charge in [-0.05, 0) is 84.9 Å². The summed E-state index contributed by atoms with van der Waals surface area (Å²) in [7, 11) is 0. The molecule has 29 heavy (non-hydrogen) atoms. The lowest BCUT2D eigenvalue weighted by molar-refractivity contribution is -0.146. The summed E-state index contributed by atoms with van der Waals surface area (Å²) in [5, 5.41) is 17.0. The normalized spacial score (nSPS) is 29.6. The second-order valence-electron chi connectivity index (χ2n) is 9.06. The van der Waals surface area contributed by atoms with Crippen LogP contribution in [-0.2, 0) is 9.59 Å². The fraction of sp³-hybridized carbons (Fsp3) is 0.571. The van der Waals surface area contributed by atoms with Crippen molar-refractivity contribution in [3.8, 4) is 5.69 Å². The van der Waals surface area contributed by atoms with Gasteiger partial charge in [0.25, 0.3) is 0 Å². The van der Waals surface area contributed by atoms with E-state index in [0.29, 0.717) is 12.2 Å². The van der Waals surface area contributed by atoms with Crippen molar-refractivity contribution < 1.29 is 9.59 Å². The van der Waals surface area contributed by atoms with E-state index in [-0.39, 0.29) is 23.7 Å². The Morgan fingerprint density at radius 2 is 1.83 bits per heavy atom. The first kappa shape index (κ1) is 18.3. The highest BCUT2D eigenvalue weighted by molar-refractivity contribution is 5.91. The maximum absolute atomic E-state index is 12.9. The number of carbonyl (C=O) groups excluding carboxylic acids is 2. The van der Waals surface area contributed by atoms with Gasteiger partial charge in [-0.1, -0.05) is 6.07 Å². The minimum Gasteiger partial charge on any atom is -0.355 e. The number of nitrogens with zero attached hydrogens (tertiary/aromatic N) is 4. The van der Waals surface area contributed by atoms with E-state index in [0.717, 1.165) is 42.7 Å². The van der Waals surface area contributed by atoms with Crippen LogP contribution in [0.15, 0.2) is 30.6 Å². The fourth-order valence-corrected chi connectivity index (χ4v) is 6.10. The first-order chi connectivity index (χ1) is 14.1. The Morgan fingerprint density at radius 1 is 1.10 bits per heavy atom. The Morgan fingerprint density at radius 3 is 2.48 bits per heavy atom. The third-order valence-electron chi connectivity index (χ3n) is 6.90.